The molecule has 0 saturated carbocycles. The van der Waals surface area contributed by atoms with Crippen molar-refractivity contribution in [3.05, 3.63) is 29.6 Å². The van der Waals surface area contributed by atoms with E-state index >= 15 is 0 Å². The van der Waals surface area contributed by atoms with Crippen molar-refractivity contribution >= 4 is 12.0 Å². The molecule has 0 aromatic heterocycles. The van der Waals surface area contributed by atoms with Crippen molar-refractivity contribution in [1.82, 2.24) is 4.90 Å². The van der Waals surface area contributed by atoms with Gasteiger partial charge in [0.05, 0.1) is 0 Å². The highest BCUT2D eigenvalue weighted by molar-refractivity contribution is 5.84. The van der Waals surface area contributed by atoms with Crippen molar-refractivity contribution in [3.63, 3.8) is 0 Å². The van der Waals surface area contributed by atoms with Crippen molar-refractivity contribution in [2.45, 2.75) is 18.9 Å². The van der Waals surface area contributed by atoms with Crippen LogP contribution in [0.3, 0.4) is 0 Å². The van der Waals surface area contributed by atoms with E-state index in [0.29, 0.717) is 11.6 Å². The number of nitrogens with zero attached hydrogens (tertiary/aromatic N) is 2. The average Bonchev–Trinajstić information content (AvgIpc) is 2.85. The number of fused-ring (bicyclic) bond motifs is 1. The highest BCUT2D eigenvalue weighted by Gasteiger charge is 2.31. The van der Waals surface area contributed by atoms with Gasteiger partial charge in [0.2, 0.25) is 0 Å². The third-order valence-corrected chi connectivity index (χ3v) is 4.04. The van der Waals surface area contributed by atoms with Gasteiger partial charge in [-0.1, -0.05) is 0 Å². The first-order valence-corrected chi connectivity index (χ1v) is 6.51. The molecule has 2 aliphatic rings. The number of halogens is 1. The predicted octanol–water partition coefficient (Wildman–Crippen LogP) is 1.92. The SMILES string of the molecule is O=Cc1cc(F)ccc1N1CCN2CCCC2C1. The summed E-state index contributed by atoms with van der Waals surface area (Å²) in [6.07, 6.45) is 3.25. The Bertz CT molecular complexity index is 463. The normalized spacial score (nSPS) is 24.1. The molecular formula is C14H17FN2O. The summed E-state index contributed by atoms with van der Waals surface area (Å²) in [4.78, 5) is 15.8. The number of rotatable bonds is 2. The summed E-state index contributed by atoms with van der Waals surface area (Å²) in [7, 11) is 0. The molecule has 0 amide bonds. The summed E-state index contributed by atoms with van der Waals surface area (Å²) in [5.41, 5.74) is 1.33. The Labute approximate surface area is 106 Å². The molecule has 2 fully saturated rings. The molecule has 18 heavy (non-hydrogen) atoms. The molecule has 1 unspecified atom stereocenters. The number of benzene rings is 1. The van der Waals surface area contributed by atoms with Gasteiger partial charge in [0.15, 0.2) is 6.29 Å². The molecule has 0 radical (unpaired) electrons. The molecule has 1 aromatic carbocycles. The van der Waals surface area contributed by atoms with Gasteiger partial charge in [-0.25, -0.2) is 4.39 Å². The standard InChI is InChI=1S/C14H17FN2O/c15-12-3-4-14(11(8-12)10-18)17-7-6-16-5-1-2-13(16)9-17/h3-4,8,10,13H,1-2,5-7,9H2. The van der Waals surface area contributed by atoms with Crippen LogP contribution in [0, 0.1) is 5.82 Å². The fourth-order valence-electron chi connectivity index (χ4n) is 3.12. The van der Waals surface area contributed by atoms with E-state index in [0.717, 1.165) is 31.6 Å². The lowest BCUT2D eigenvalue weighted by atomic mass is 10.1. The highest BCUT2D eigenvalue weighted by Crippen LogP contribution is 2.27. The summed E-state index contributed by atoms with van der Waals surface area (Å²) in [6.45, 7) is 4.11. The van der Waals surface area contributed by atoms with E-state index in [1.165, 1.54) is 31.5 Å². The zero-order valence-corrected chi connectivity index (χ0v) is 10.3. The number of carbonyl (C=O) groups excluding carboxylic acids is 1. The zero-order valence-electron chi connectivity index (χ0n) is 10.3. The maximum Gasteiger partial charge on any atom is 0.152 e. The lowest BCUT2D eigenvalue weighted by Crippen LogP contribution is -2.50. The Morgan fingerprint density at radius 1 is 1.28 bits per heavy atom. The van der Waals surface area contributed by atoms with Crippen molar-refractivity contribution in [2.75, 3.05) is 31.1 Å². The molecule has 1 aromatic rings. The second-order valence-corrected chi connectivity index (χ2v) is 5.10. The molecule has 2 aliphatic heterocycles. The van der Waals surface area contributed by atoms with E-state index in [1.807, 2.05) is 0 Å². The van der Waals surface area contributed by atoms with Gasteiger partial charge in [-0.15, -0.1) is 0 Å². The van der Waals surface area contributed by atoms with Crippen LogP contribution < -0.4 is 4.90 Å². The zero-order chi connectivity index (χ0) is 12.5. The molecule has 4 heteroatoms. The van der Waals surface area contributed by atoms with Gasteiger partial charge in [0.25, 0.3) is 0 Å². The van der Waals surface area contributed by atoms with Gasteiger partial charge in [0.1, 0.15) is 5.82 Å². The molecule has 1 atom stereocenters. The van der Waals surface area contributed by atoms with Gasteiger partial charge in [0, 0.05) is 36.9 Å². The second-order valence-electron chi connectivity index (χ2n) is 5.10. The van der Waals surface area contributed by atoms with Gasteiger partial charge >= 0.3 is 0 Å². The van der Waals surface area contributed by atoms with Crippen molar-refractivity contribution < 1.29 is 9.18 Å². The van der Waals surface area contributed by atoms with E-state index in [2.05, 4.69) is 9.80 Å². The number of piperazine rings is 1. The largest absolute Gasteiger partial charge is 0.368 e. The smallest absolute Gasteiger partial charge is 0.152 e. The summed E-state index contributed by atoms with van der Waals surface area (Å²) in [5, 5.41) is 0. The topological polar surface area (TPSA) is 23.6 Å². The first kappa shape index (κ1) is 11.7. The predicted molar refractivity (Wildman–Crippen MR) is 68.6 cm³/mol. The maximum atomic E-state index is 13.1. The van der Waals surface area contributed by atoms with Crippen LogP contribution >= 0.6 is 0 Å². The van der Waals surface area contributed by atoms with Gasteiger partial charge in [-0.3, -0.25) is 9.69 Å². The monoisotopic (exact) mass is 248 g/mol. The number of carbonyl (C=O) groups is 1. The molecule has 0 bridgehead atoms. The van der Waals surface area contributed by atoms with Gasteiger partial charge in [-0.05, 0) is 37.6 Å². The number of anilines is 1. The summed E-state index contributed by atoms with van der Waals surface area (Å²) in [5.74, 6) is -0.347. The minimum atomic E-state index is -0.347. The third kappa shape index (κ3) is 2.01. The van der Waals surface area contributed by atoms with Gasteiger partial charge < -0.3 is 4.90 Å². The molecule has 0 spiro atoms. The Morgan fingerprint density at radius 3 is 3.00 bits per heavy atom. The summed E-state index contributed by atoms with van der Waals surface area (Å²) < 4.78 is 13.1. The number of aldehydes is 1. The van der Waals surface area contributed by atoms with Crippen molar-refractivity contribution in [2.24, 2.45) is 0 Å². The average molecular weight is 248 g/mol. The maximum absolute atomic E-state index is 13.1. The molecule has 3 nitrogen and oxygen atoms in total. The minimum absolute atomic E-state index is 0.347. The van der Waals surface area contributed by atoms with Crippen LogP contribution in [-0.2, 0) is 0 Å². The van der Waals surface area contributed by atoms with Crippen LogP contribution in [0.5, 0.6) is 0 Å². The van der Waals surface area contributed by atoms with E-state index in [4.69, 9.17) is 0 Å². The molecule has 0 aliphatic carbocycles. The Hall–Kier alpha value is -1.42. The number of hydrogen-bond donors (Lipinski definition) is 0. The van der Waals surface area contributed by atoms with Crippen LogP contribution in [0.1, 0.15) is 23.2 Å². The second kappa shape index (κ2) is 4.69. The Balaban J connectivity index is 1.84. The van der Waals surface area contributed by atoms with Crippen molar-refractivity contribution in [1.29, 1.82) is 0 Å². The van der Waals surface area contributed by atoms with Crippen LogP contribution in [0.25, 0.3) is 0 Å². The van der Waals surface area contributed by atoms with E-state index in [-0.39, 0.29) is 5.82 Å². The van der Waals surface area contributed by atoms with Crippen molar-refractivity contribution in [3.8, 4) is 0 Å². The van der Waals surface area contributed by atoms with Gasteiger partial charge in [-0.2, -0.15) is 0 Å². The molecule has 96 valence electrons. The third-order valence-electron chi connectivity index (χ3n) is 4.04. The first-order valence-electron chi connectivity index (χ1n) is 6.51. The fraction of sp³-hybridized carbons (Fsp3) is 0.500. The Morgan fingerprint density at radius 2 is 2.17 bits per heavy atom. The first-order chi connectivity index (χ1) is 8.78. The fourth-order valence-corrected chi connectivity index (χ4v) is 3.12. The van der Waals surface area contributed by atoms with Crippen LogP contribution in [0.2, 0.25) is 0 Å². The molecule has 3 rings (SSSR count). The quantitative estimate of drug-likeness (QED) is 0.747. The van der Waals surface area contributed by atoms with Crippen LogP contribution in [0.15, 0.2) is 18.2 Å². The van der Waals surface area contributed by atoms with E-state index in [9.17, 15) is 9.18 Å². The molecule has 2 saturated heterocycles. The van der Waals surface area contributed by atoms with Crippen LogP contribution in [-0.4, -0.2) is 43.4 Å². The summed E-state index contributed by atoms with van der Waals surface area (Å²) in [6, 6.07) is 5.08. The lowest BCUT2D eigenvalue weighted by molar-refractivity contribution is 0.112. The minimum Gasteiger partial charge on any atom is -0.368 e. The molecular weight excluding hydrogens is 231 g/mol. The Kier molecular flexibility index (Phi) is 3.04. The van der Waals surface area contributed by atoms with Crippen LogP contribution in [0.4, 0.5) is 10.1 Å². The van der Waals surface area contributed by atoms with E-state index < -0.39 is 0 Å². The molecule has 2 heterocycles. The number of hydrogen-bond acceptors (Lipinski definition) is 3. The van der Waals surface area contributed by atoms with E-state index in [1.54, 1.807) is 6.07 Å². The summed E-state index contributed by atoms with van der Waals surface area (Å²) >= 11 is 0. The molecule has 0 N–H and O–H groups in total. The lowest BCUT2D eigenvalue weighted by Gasteiger charge is -2.39. The highest BCUT2D eigenvalue weighted by atomic mass is 19.1.